The van der Waals surface area contributed by atoms with Crippen LogP contribution in [0.4, 0.5) is 0 Å². The van der Waals surface area contributed by atoms with E-state index < -0.39 is 5.97 Å². The molecule has 128 valence electrons. The lowest BCUT2D eigenvalue weighted by atomic mass is 10.0. The predicted molar refractivity (Wildman–Crippen MR) is 94.2 cm³/mol. The number of aryl methyl sites for hydroxylation is 2. The van der Waals surface area contributed by atoms with Crippen molar-refractivity contribution in [2.45, 2.75) is 46.5 Å². The highest BCUT2D eigenvalue weighted by Gasteiger charge is 2.13. The van der Waals surface area contributed by atoms with E-state index >= 15 is 0 Å². The van der Waals surface area contributed by atoms with Crippen LogP contribution in [0.3, 0.4) is 0 Å². The molecule has 4 heteroatoms. The maximum Gasteiger partial charge on any atom is 0.307 e. The molecule has 0 bridgehead atoms. The Morgan fingerprint density at radius 2 is 1.92 bits per heavy atom. The number of hydrogen-bond donors (Lipinski definition) is 2. The zero-order valence-corrected chi connectivity index (χ0v) is 14.6. The highest BCUT2D eigenvalue weighted by atomic mass is 16.5. The van der Waals surface area contributed by atoms with E-state index in [1.54, 1.807) is 12.1 Å². The van der Waals surface area contributed by atoms with E-state index in [1.807, 2.05) is 45.9 Å². The number of carboxylic acid groups (broad SMARTS) is 1. The van der Waals surface area contributed by atoms with Crippen LogP contribution in [-0.4, -0.2) is 16.2 Å². The fourth-order valence-corrected chi connectivity index (χ4v) is 2.79. The van der Waals surface area contributed by atoms with Gasteiger partial charge in [-0.25, -0.2) is 0 Å². The molecule has 0 spiro atoms. The smallest absolute Gasteiger partial charge is 0.307 e. The number of hydrogen-bond acceptors (Lipinski definition) is 3. The molecule has 0 atom stereocenters. The molecule has 2 rings (SSSR count). The Balaban J connectivity index is 2.39. The molecular formula is C20H24O4. The van der Waals surface area contributed by atoms with Gasteiger partial charge in [-0.1, -0.05) is 32.9 Å². The van der Waals surface area contributed by atoms with Gasteiger partial charge in [0, 0.05) is 5.56 Å². The molecule has 0 fully saturated rings. The predicted octanol–water partition coefficient (Wildman–Crippen LogP) is 4.81. The minimum Gasteiger partial charge on any atom is -0.508 e. The van der Waals surface area contributed by atoms with Crippen LogP contribution in [-0.2, 0) is 17.6 Å². The second kappa shape index (κ2) is 7.39. The summed E-state index contributed by atoms with van der Waals surface area (Å²) in [7, 11) is 0. The number of carboxylic acids is 1. The average Bonchev–Trinajstić information content (AvgIpc) is 2.50. The van der Waals surface area contributed by atoms with Crippen molar-refractivity contribution in [1.82, 2.24) is 0 Å². The molecule has 0 aliphatic rings. The molecule has 0 saturated heterocycles. The van der Waals surface area contributed by atoms with Crippen LogP contribution in [0.15, 0.2) is 30.3 Å². The first kappa shape index (κ1) is 17.9. The highest BCUT2D eigenvalue weighted by molar-refractivity contribution is 5.70. The van der Waals surface area contributed by atoms with Gasteiger partial charge in [-0.15, -0.1) is 0 Å². The highest BCUT2D eigenvalue weighted by Crippen LogP contribution is 2.35. The number of phenols is 1. The van der Waals surface area contributed by atoms with Gasteiger partial charge < -0.3 is 14.9 Å². The second-order valence-electron chi connectivity index (χ2n) is 6.30. The first-order chi connectivity index (χ1) is 11.3. The molecule has 0 heterocycles. The van der Waals surface area contributed by atoms with Crippen LogP contribution in [0, 0.1) is 6.92 Å². The Hall–Kier alpha value is -2.49. The number of aromatic hydroxyl groups is 1. The Morgan fingerprint density at radius 1 is 1.21 bits per heavy atom. The molecule has 0 aromatic heterocycles. The minimum atomic E-state index is -0.842. The van der Waals surface area contributed by atoms with Gasteiger partial charge in [0.15, 0.2) is 0 Å². The Bertz CT molecular complexity index is 748. The quantitative estimate of drug-likeness (QED) is 0.799. The third-order valence-electron chi connectivity index (χ3n) is 3.99. The first-order valence-electron chi connectivity index (χ1n) is 8.16. The maximum atomic E-state index is 10.9. The number of aliphatic carboxylic acids is 1. The number of phenolic OH excluding ortho intramolecular Hbond substituents is 1. The zero-order valence-electron chi connectivity index (χ0n) is 14.6. The largest absolute Gasteiger partial charge is 0.508 e. The van der Waals surface area contributed by atoms with Gasteiger partial charge >= 0.3 is 5.97 Å². The maximum absolute atomic E-state index is 10.9. The van der Waals surface area contributed by atoms with Crippen LogP contribution in [0.2, 0.25) is 0 Å². The summed E-state index contributed by atoms with van der Waals surface area (Å²) in [4.78, 5) is 10.9. The van der Waals surface area contributed by atoms with Gasteiger partial charge in [-0.05, 0) is 54.2 Å². The topological polar surface area (TPSA) is 66.8 Å². The van der Waals surface area contributed by atoms with Gasteiger partial charge in [0.2, 0.25) is 0 Å². The van der Waals surface area contributed by atoms with Crippen molar-refractivity contribution < 1.29 is 19.7 Å². The van der Waals surface area contributed by atoms with Crippen LogP contribution in [0.1, 0.15) is 48.9 Å². The third kappa shape index (κ3) is 4.07. The number of benzene rings is 2. The molecule has 0 aliphatic carbocycles. The van der Waals surface area contributed by atoms with Gasteiger partial charge in [0.25, 0.3) is 0 Å². The van der Waals surface area contributed by atoms with Crippen molar-refractivity contribution in [3.63, 3.8) is 0 Å². The van der Waals surface area contributed by atoms with Crippen molar-refractivity contribution in [3.8, 4) is 17.2 Å². The van der Waals surface area contributed by atoms with Crippen LogP contribution < -0.4 is 4.74 Å². The fourth-order valence-electron chi connectivity index (χ4n) is 2.79. The molecule has 0 saturated carbocycles. The van der Waals surface area contributed by atoms with Gasteiger partial charge in [-0.2, -0.15) is 0 Å². The van der Waals surface area contributed by atoms with Crippen LogP contribution in [0.25, 0.3) is 0 Å². The molecule has 2 aromatic carbocycles. The standard InChI is InChI=1S/C20H24O4/c1-5-15-9-14(10-19(22)23)8-13(4)20(15)24-16-6-7-18(21)17(11-16)12(2)3/h6-9,11-12,21H,5,10H2,1-4H3,(H,22,23). The summed E-state index contributed by atoms with van der Waals surface area (Å²) in [6.45, 7) is 7.97. The summed E-state index contributed by atoms with van der Waals surface area (Å²) >= 11 is 0. The molecule has 0 radical (unpaired) electrons. The molecule has 4 nitrogen and oxygen atoms in total. The van der Waals surface area contributed by atoms with E-state index in [0.717, 1.165) is 34.4 Å². The summed E-state index contributed by atoms with van der Waals surface area (Å²) in [6, 6.07) is 8.98. The molecule has 0 aliphatic heterocycles. The lowest BCUT2D eigenvalue weighted by Crippen LogP contribution is -2.03. The number of rotatable bonds is 6. The molecule has 2 aromatic rings. The van der Waals surface area contributed by atoms with Crippen molar-refractivity contribution >= 4 is 5.97 Å². The SMILES string of the molecule is CCc1cc(CC(=O)O)cc(C)c1Oc1ccc(O)c(C(C)C)c1. The number of ether oxygens (including phenoxy) is 1. The van der Waals surface area contributed by atoms with E-state index in [9.17, 15) is 9.90 Å². The lowest BCUT2D eigenvalue weighted by Gasteiger charge is -2.16. The van der Waals surface area contributed by atoms with Crippen LogP contribution >= 0.6 is 0 Å². The van der Waals surface area contributed by atoms with Crippen LogP contribution in [0.5, 0.6) is 17.2 Å². The van der Waals surface area contributed by atoms with E-state index in [1.165, 1.54) is 0 Å². The summed E-state index contributed by atoms with van der Waals surface area (Å²) in [6.07, 6.45) is 0.754. The van der Waals surface area contributed by atoms with E-state index in [4.69, 9.17) is 9.84 Å². The third-order valence-corrected chi connectivity index (χ3v) is 3.99. The minimum absolute atomic E-state index is 0.00479. The van der Waals surface area contributed by atoms with Gasteiger partial charge in [0.1, 0.15) is 17.2 Å². The Kier molecular flexibility index (Phi) is 5.50. The average molecular weight is 328 g/mol. The molecule has 2 N–H and O–H groups in total. The summed E-state index contributed by atoms with van der Waals surface area (Å²) in [5.74, 6) is 1.04. The Labute approximate surface area is 142 Å². The van der Waals surface area contributed by atoms with E-state index in [0.29, 0.717) is 5.75 Å². The summed E-state index contributed by atoms with van der Waals surface area (Å²) < 4.78 is 6.08. The molecule has 24 heavy (non-hydrogen) atoms. The Morgan fingerprint density at radius 3 is 2.50 bits per heavy atom. The van der Waals surface area contributed by atoms with Crippen molar-refractivity contribution in [2.24, 2.45) is 0 Å². The van der Waals surface area contributed by atoms with Gasteiger partial charge in [0.05, 0.1) is 6.42 Å². The summed E-state index contributed by atoms with van der Waals surface area (Å²) in [5.41, 5.74) is 3.50. The van der Waals surface area contributed by atoms with Crippen molar-refractivity contribution in [1.29, 1.82) is 0 Å². The number of carbonyl (C=O) groups is 1. The fraction of sp³-hybridized carbons (Fsp3) is 0.350. The molecular weight excluding hydrogens is 304 g/mol. The van der Waals surface area contributed by atoms with Crippen molar-refractivity contribution in [2.75, 3.05) is 0 Å². The van der Waals surface area contributed by atoms with Crippen molar-refractivity contribution in [3.05, 3.63) is 52.6 Å². The zero-order chi connectivity index (χ0) is 17.9. The molecule has 0 unspecified atom stereocenters. The van der Waals surface area contributed by atoms with E-state index in [2.05, 4.69) is 0 Å². The monoisotopic (exact) mass is 328 g/mol. The normalized spacial score (nSPS) is 10.9. The van der Waals surface area contributed by atoms with E-state index in [-0.39, 0.29) is 18.1 Å². The summed E-state index contributed by atoms with van der Waals surface area (Å²) in [5, 5.41) is 18.9. The van der Waals surface area contributed by atoms with Gasteiger partial charge in [-0.3, -0.25) is 4.79 Å². The molecule has 0 amide bonds. The lowest BCUT2D eigenvalue weighted by molar-refractivity contribution is -0.136. The second-order valence-corrected chi connectivity index (χ2v) is 6.30. The first-order valence-corrected chi connectivity index (χ1v) is 8.16.